The van der Waals surface area contributed by atoms with Crippen LogP contribution in [0.5, 0.6) is 0 Å². The number of carbonyl (C=O) groups is 1. The van der Waals surface area contributed by atoms with Gasteiger partial charge in [-0.05, 0) is 50.2 Å². The molecule has 0 aromatic heterocycles. The predicted molar refractivity (Wildman–Crippen MR) is 108 cm³/mol. The Balaban J connectivity index is 2.13. The van der Waals surface area contributed by atoms with Crippen LogP contribution in [0.1, 0.15) is 29.8 Å². The molecule has 0 fully saturated rings. The number of likely N-dealkylation sites (N-methyl/N-ethyl adjacent to an activating group) is 1. The molecule has 3 N–H and O–H groups in total. The average Bonchev–Trinajstić information content (AvgIpc) is 2.70. The van der Waals surface area contributed by atoms with E-state index in [1.54, 1.807) is 0 Å². The molecule has 10 heteroatoms. The zero-order valence-electron chi connectivity index (χ0n) is 16.7. The number of benzene rings is 2. The Morgan fingerprint density at radius 1 is 1.03 bits per heavy atom. The van der Waals surface area contributed by atoms with Gasteiger partial charge in [-0.1, -0.05) is 12.1 Å². The van der Waals surface area contributed by atoms with Gasteiger partial charge in [0.15, 0.2) is 0 Å². The van der Waals surface area contributed by atoms with Gasteiger partial charge >= 0.3 is 6.18 Å². The largest absolute Gasteiger partial charge is 0.416 e. The zero-order valence-corrected chi connectivity index (χ0v) is 17.5. The van der Waals surface area contributed by atoms with Crippen LogP contribution in [-0.2, 0) is 16.2 Å². The van der Waals surface area contributed by atoms with E-state index in [1.807, 2.05) is 13.8 Å². The highest BCUT2D eigenvalue weighted by atomic mass is 32.2. The zero-order chi connectivity index (χ0) is 22.4. The minimum absolute atomic E-state index is 0.150. The highest BCUT2D eigenvalue weighted by molar-refractivity contribution is 7.92. The lowest BCUT2D eigenvalue weighted by atomic mass is 10.2. The number of halogens is 3. The molecule has 30 heavy (non-hydrogen) atoms. The van der Waals surface area contributed by atoms with E-state index in [2.05, 4.69) is 10.0 Å². The van der Waals surface area contributed by atoms with Gasteiger partial charge in [-0.15, -0.1) is 0 Å². The Kier molecular flexibility index (Phi) is 7.85. The van der Waals surface area contributed by atoms with E-state index in [0.29, 0.717) is 12.6 Å². The second-order valence-electron chi connectivity index (χ2n) is 6.67. The third-order valence-corrected chi connectivity index (χ3v) is 5.99. The van der Waals surface area contributed by atoms with E-state index in [0.717, 1.165) is 31.8 Å². The van der Waals surface area contributed by atoms with Crippen molar-refractivity contribution in [3.05, 3.63) is 59.7 Å². The molecule has 0 saturated carbocycles. The van der Waals surface area contributed by atoms with E-state index >= 15 is 0 Å². The molecule has 0 saturated heterocycles. The molecule has 0 spiro atoms. The van der Waals surface area contributed by atoms with Crippen LogP contribution in [0.25, 0.3) is 0 Å². The number of anilines is 1. The molecule has 0 bridgehead atoms. The van der Waals surface area contributed by atoms with Crippen molar-refractivity contribution in [3.63, 3.8) is 0 Å². The van der Waals surface area contributed by atoms with Crippen LogP contribution in [0.15, 0.2) is 53.4 Å². The maximum Gasteiger partial charge on any atom is 0.416 e. The van der Waals surface area contributed by atoms with Crippen molar-refractivity contribution in [1.29, 1.82) is 0 Å². The molecule has 2 aromatic carbocycles. The van der Waals surface area contributed by atoms with Crippen molar-refractivity contribution >= 4 is 21.6 Å². The summed E-state index contributed by atoms with van der Waals surface area (Å²) in [6.45, 7) is 7.14. The second-order valence-corrected chi connectivity index (χ2v) is 8.36. The number of carbonyl (C=O) groups excluding carboxylic acids is 1. The van der Waals surface area contributed by atoms with Gasteiger partial charge in [0, 0.05) is 11.3 Å². The molecule has 0 atom stereocenters. The van der Waals surface area contributed by atoms with E-state index in [-0.39, 0.29) is 16.1 Å². The first-order valence-electron chi connectivity index (χ1n) is 9.48. The molecule has 0 radical (unpaired) electrons. The third kappa shape index (κ3) is 6.46. The number of quaternary nitrogens is 1. The molecule has 0 heterocycles. The highest BCUT2D eigenvalue weighted by Gasteiger charge is 2.30. The lowest BCUT2D eigenvalue weighted by molar-refractivity contribution is -0.895. The summed E-state index contributed by atoms with van der Waals surface area (Å²) in [4.78, 5) is 13.4. The maximum atomic E-state index is 12.8. The summed E-state index contributed by atoms with van der Waals surface area (Å²) in [5.41, 5.74) is -1.04. The van der Waals surface area contributed by atoms with Gasteiger partial charge in [0.25, 0.3) is 15.9 Å². The van der Waals surface area contributed by atoms with Crippen LogP contribution in [0, 0.1) is 0 Å². The molecular weight excluding hydrogens is 419 g/mol. The minimum Gasteiger partial charge on any atom is -0.346 e. The number of sulfonamides is 1. The highest BCUT2D eigenvalue weighted by Crippen LogP contribution is 2.31. The van der Waals surface area contributed by atoms with E-state index < -0.39 is 27.7 Å². The molecule has 2 rings (SSSR count). The monoisotopic (exact) mass is 444 g/mol. The van der Waals surface area contributed by atoms with Crippen molar-refractivity contribution < 1.29 is 31.3 Å². The first kappa shape index (κ1) is 23.7. The van der Waals surface area contributed by atoms with Crippen LogP contribution < -0.4 is 14.9 Å². The normalized spacial score (nSPS) is 12.1. The summed E-state index contributed by atoms with van der Waals surface area (Å²) in [5.74, 6) is -0.419. The van der Waals surface area contributed by atoms with Gasteiger partial charge in [0.05, 0.1) is 36.6 Å². The van der Waals surface area contributed by atoms with Crippen molar-refractivity contribution in [2.45, 2.75) is 24.9 Å². The fourth-order valence-electron chi connectivity index (χ4n) is 2.84. The second kappa shape index (κ2) is 9.94. The molecule has 2 aromatic rings. The summed E-state index contributed by atoms with van der Waals surface area (Å²) in [7, 11) is -4.17. The third-order valence-electron chi connectivity index (χ3n) is 4.61. The standard InChI is InChI=1S/C20H24F3N3O3S/c1-3-26(4-2)12-11-24-19(27)15-7-5-10-18(13-15)30(28,29)25-17-9-6-8-16(14-17)20(21,22)23/h5-10,13-14,25H,3-4,11-12H2,1-2H3,(H,24,27)/p+1. The fraction of sp³-hybridized carbons (Fsp3) is 0.350. The number of amides is 1. The molecule has 0 aliphatic rings. The Morgan fingerprint density at radius 2 is 1.70 bits per heavy atom. The van der Waals surface area contributed by atoms with Gasteiger partial charge in [-0.25, -0.2) is 8.42 Å². The van der Waals surface area contributed by atoms with Crippen LogP contribution in [-0.4, -0.2) is 40.5 Å². The Bertz CT molecular complexity index is 975. The molecular formula is C20H25F3N3O3S+. The van der Waals surface area contributed by atoms with Crippen molar-refractivity contribution in [2.24, 2.45) is 0 Å². The Morgan fingerprint density at radius 3 is 2.33 bits per heavy atom. The number of rotatable bonds is 9. The summed E-state index contributed by atoms with van der Waals surface area (Å²) < 4.78 is 65.8. The molecule has 0 aliphatic carbocycles. The summed E-state index contributed by atoms with van der Waals surface area (Å²) in [6.07, 6.45) is -4.59. The predicted octanol–water partition coefficient (Wildman–Crippen LogP) is 2.16. The van der Waals surface area contributed by atoms with Crippen LogP contribution in [0.4, 0.5) is 18.9 Å². The lowest BCUT2D eigenvalue weighted by Gasteiger charge is -2.15. The summed E-state index contributed by atoms with van der Waals surface area (Å²) in [5, 5.41) is 2.75. The molecule has 1 amide bonds. The first-order chi connectivity index (χ1) is 14.1. The van der Waals surface area contributed by atoms with Gasteiger partial charge in [-0.2, -0.15) is 13.2 Å². The van der Waals surface area contributed by atoms with Gasteiger partial charge in [0.1, 0.15) is 0 Å². The van der Waals surface area contributed by atoms with Gasteiger partial charge in [-0.3, -0.25) is 9.52 Å². The van der Waals surface area contributed by atoms with E-state index in [1.165, 1.54) is 35.2 Å². The maximum absolute atomic E-state index is 12.8. The lowest BCUT2D eigenvalue weighted by Crippen LogP contribution is -3.12. The minimum atomic E-state index is -4.59. The topological polar surface area (TPSA) is 79.7 Å². The van der Waals surface area contributed by atoms with Crippen molar-refractivity contribution in [3.8, 4) is 0 Å². The Labute approximate surface area is 174 Å². The Hall–Kier alpha value is -2.59. The quantitative estimate of drug-likeness (QED) is 0.555. The number of alkyl halides is 3. The summed E-state index contributed by atoms with van der Waals surface area (Å²) >= 11 is 0. The van der Waals surface area contributed by atoms with Crippen LogP contribution >= 0.6 is 0 Å². The molecule has 164 valence electrons. The molecule has 0 aliphatic heterocycles. The fourth-order valence-corrected chi connectivity index (χ4v) is 3.93. The van der Waals surface area contributed by atoms with Crippen molar-refractivity contribution in [2.75, 3.05) is 30.9 Å². The smallest absolute Gasteiger partial charge is 0.346 e. The van der Waals surface area contributed by atoms with E-state index in [4.69, 9.17) is 0 Å². The van der Waals surface area contributed by atoms with E-state index in [9.17, 15) is 26.4 Å². The van der Waals surface area contributed by atoms with Gasteiger partial charge in [0.2, 0.25) is 0 Å². The van der Waals surface area contributed by atoms with Crippen LogP contribution in [0.3, 0.4) is 0 Å². The van der Waals surface area contributed by atoms with Crippen molar-refractivity contribution in [1.82, 2.24) is 5.32 Å². The number of hydrogen-bond acceptors (Lipinski definition) is 3. The SMILES string of the molecule is CC[NH+](CC)CCNC(=O)c1cccc(S(=O)(=O)Nc2cccc(C(F)(F)F)c2)c1. The van der Waals surface area contributed by atoms with Gasteiger partial charge < -0.3 is 10.2 Å². The molecule has 0 unspecified atom stereocenters. The number of hydrogen-bond donors (Lipinski definition) is 3. The van der Waals surface area contributed by atoms with Crippen LogP contribution in [0.2, 0.25) is 0 Å². The average molecular weight is 444 g/mol. The first-order valence-corrected chi connectivity index (χ1v) is 11.0. The molecule has 6 nitrogen and oxygen atoms in total. The number of nitrogens with one attached hydrogen (secondary N) is 3. The summed E-state index contributed by atoms with van der Waals surface area (Å²) in [6, 6.07) is 9.24.